The molecule has 1 aliphatic heterocycles. The fourth-order valence-corrected chi connectivity index (χ4v) is 2.96. The van der Waals surface area contributed by atoms with Crippen LogP contribution in [0.2, 0.25) is 0 Å². The summed E-state index contributed by atoms with van der Waals surface area (Å²) in [6, 6.07) is 8.70. The number of aromatic hydroxyl groups is 1. The van der Waals surface area contributed by atoms with Crippen LogP contribution >= 0.6 is 0 Å². The fraction of sp³-hybridized carbons (Fsp3) is 0.368. The quantitative estimate of drug-likeness (QED) is 0.882. The van der Waals surface area contributed by atoms with Crippen molar-refractivity contribution in [1.82, 2.24) is 9.88 Å². The molecule has 2 aromatic rings. The van der Waals surface area contributed by atoms with E-state index in [0.29, 0.717) is 6.04 Å². The molecule has 0 aliphatic carbocycles. The van der Waals surface area contributed by atoms with Crippen molar-refractivity contribution in [3.8, 4) is 5.75 Å². The van der Waals surface area contributed by atoms with Crippen LogP contribution < -0.4 is 0 Å². The number of hydrogen-bond donors (Lipinski definition) is 2. The first-order chi connectivity index (χ1) is 11.4. The number of likely N-dealkylation sites (tertiary alicyclic amines) is 1. The van der Waals surface area contributed by atoms with Gasteiger partial charge >= 0.3 is 5.97 Å². The second-order valence-corrected chi connectivity index (χ2v) is 6.15. The van der Waals surface area contributed by atoms with Gasteiger partial charge in [-0.25, -0.2) is 4.79 Å². The first-order valence-electron chi connectivity index (χ1n) is 8.05. The standard InChI is InChI=1S/C12H18N2.C7H6O3/c1-9-7-11(10(2)13-8-9)12-5-4-6-14(12)3;8-6-4-2-1-3-5(6)7(9)10/h7-8,12H,4-6H2,1-3H3;1-4,8H,(H,9,10)/t12-;/m0./s1. The van der Waals surface area contributed by atoms with Gasteiger partial charge in [0, 0.05) is 17.9 Å². The minimum absolute atomic E-state index is 0.0671. The molecule has 0 radical (unpaired) electrons. The Balaban J connectivity index is 0.000000185. The minimum Gasteiger partial charge on any atom is -0.507 e. The average molecular weight is 328 g/mol. The van der Waals surface area contributed by atoms with Gasteiger partial charge in [-0.15, -0.1) is 0 Å². The third-order valence-corrected chi connectivity index (χ3v) is 4.28. The number of para-hydroxylation sites is 1. The number of benzene rings is 1. The fourth-order valence-electron chi connectivity index (χ4n) is 2.96. The zero-order valence-corrected chi connectivity index (χ0v) is 14.4. The molecule has 128 valence electrons. The molecule has 1 aromatic carbocycles. The van der Waals surface area contributed by atoms with Gasteiger partial charge < -0.3 is 10.2 Å². The smallest absolute Gasteiger partial charge is 0.339 e. The first-order valence-corrected chi connectivity index (χ1v) is 8.05. The molecule has 2 N–H and O–H groups in total. The van der Waals surface area contributed by atoms with Crippen LogP contribution in [0.1, 0.15) is 46.1 Å². The third-order valence-electron chi connectivity index (χ3n) is 4.28. The second kappa shape index (κ2) is 7.93. The van der Waals surface area contributed by atoms with E-state index in [1.165, 1.54) is 48.3 Å². The molecule has 1 fully saturated rings. The number of hydrogen-bond acceptors (Lipinski definition) is 4. The third kappa shape index (κ3) is 4.32. The Morgan fingerprint density at radius 2 is 2.00 bits per heavy atom. The molecule has 5 nitrogen and oxygen atoms in total. The van der Waals surface area contributed by atoms with Crippen molar-refractivity contribution < 1.29 is 15.0 Å². The van der Waals surface area contributed by atoms with E-state index in [9.17, 15) is 4.79 Å². The Hall–Kier alpha value is -2.40. The number of pyridine rings is 1. The van der Waals surface area contributed by atoms with E-state index in [0.717, 1.165) is 0 Å². The highest BCUT2D eigenvalue weighted by molar-refractivity contribution is 5.90. The predicted octanol–water partition coefficient (Wildman–Crippen LogP) is 3.56. The van der Waals surface area contributed by atoms with E-state index in [2.05, 4.69) is 36.8 Å². The van der Waals surface area contributed by atoms with E-state index in [-0.39, 0.29) is 11.3 Å². The van der Waals surface area contributed by atoms with E-state index in [1.54, 1.807) is 12.1 Å². The van der Waals surface area contributed by atoms with Crippen LogP contribution in [0.25, 0.3) is 0 Å². The normalized spacial score (nSPS) is 17.2. The number of phenols is 1. The number of carbonyl (C=O) groups is 1. The molecule has 0 amide bonds. The Kier molecular flexibility index (Phi) is 5.93. The zero-order chi connectivity index (χ0) is 17.7. The summed E-state index contributed by atoms with van der Waals surface area (Å²) < 4.78 is 0. The lowest BCUT2D eigenvalue weighted by atomic mass is 10.0. The number of carboxylic acid groups (broad SMARTS) is 1. The molecule has 5 heteroatoms. The number of rotatable bonds is 2. The van der Waals surface area contributed by atoms with Gasteiger partial charge in [0.1, 0.15) is 11.3 Å². The highest BCUT2D eigenvalue weighted by Crippen LogP contribution is 2.31. The summed E-state index contributed by atoms with van der Waals surface area (Å²) >= 11 is 0. The maximum Gasteiger partial charge on any atom is 0.339 e. The van der Waals surface area contributed by atoms with E-state index >= 15 is 0 Å². The molecular weight excluding hydrogens is 304 g/mol. The van der Waals surface area contributed by atoms with Gasteiger partial charge in [-0.3, -0.25) is 9.88 Å². The van der Waals surface area contributed by atoms with Gasteiger partial charge in [0.2, 0.25) is 0 Å². The molecular formula is C19H24N2O3. The summed E-state index contributed by atoms with van der Waals surface area (Å²) in [4.78, 5) is 17.1. The number of aromatic carboxylic acids is 1. The van der Waals surface area contributed by atoms with Gasteiger partial charge in [0.25, 0.3) is 0 Å². The molecule has 0 saturated carbocycles. The number of aromatic nitrogens is 1. The lowest BCUT2D eigenvalue weighted by Crippen LogP contribution is -2.18. The van der Waals surface area contributed by atoms with Crippen molar-refractivity contribution in [2.75, 3.05) is 13.6 Å². The van der Waals surface area contributed by atoms with Crippen molar-refractivity contribution in [1.29, 1.82) is 0 Å². The van der Waals surface area contributed by atoms with Crippen LogP contribution in [0, 0.1) is 13.8 Å². The summed E-state index contributed by atoms with van der Waals surface area (Å²) in [7, 11) is 2.21. The molecule has 1 aromatic heterocycles. The van der Waals surface area contributed by atoms with Gasteiger partial charge in [0.05, 0.1) is 0 Å². The van der Waals surface area contributed by atoms with Gasteiger partial charge in [-0.05, 0) is 63.5 Å². The Morgan fingerprint density at radius 1 is 1.29 bits per heavy atom. The summed E-state index contributed by atoms with van der Waals surface area (Å²) in [6.07, 6.45) is 4.55. The van der Waals surface area contributed by atoms with Crippen LogP contribution in [-0.2, 0) is 0 Å². The van der Waals surface area contributed by atoms with Gasteiger partial charge in [-0.1, -0.05) is 18.2 Å². The molecule has 0 unspecified atom stereocenters. The molecule has 1 atom stereocenters. The van der Waals surface area contributed by atoms with Crippen LogP contribution in [0.3, 0.4) is 0 Å². The van der Waals surface area contributed by atoms with Gasteiger partial charge in [-0.2, -0.15) is 0 Å². The first kappa shape index (κ1) is 17.9. The molecule has 0 spiro atoms. The number of aryl methyl sites for hydroxylation is 2. The molecule has 24 heavy (non-hydrogen) atoms. The van der Waals surface area contributed by atoms with E-state index in [4.69, 9.17) is 10.2 Å². The Bertz CT molecular complexity index is 716. The average Bonchev–Trinajstić information content (AvgIpc) is 2.96. The van der Waals surface area contributed by atoms with Crippen molar-refractivity contribution in [2.45, 2.75) is 32.7 Å². The highest BCUT2D eigenvalue weighted by Gasteiger charge is 2.24. The number of carboxylic acids is 1. The van der Waals surface area contributed by atoms with E-state index in [1.807, 2.05) is 6.20 Å². The summed E-state index contributed by atoms with van der Waals surface area (Å²) in [5, 5.41) is 17.3. The minimum atomic E-state index is -1.11. The van der Waals surface area contributed by atoms with Gasteiger partial charge in [0.15, 0.2) is 0 Å². The highest BCUT2D eigenvalue weighted by atomic mass is 16.4. The van der Waals surface area contributed by atoms with Crippen LogP contribution in [-0.4, -0.2) is 39.7 Å². The van der Waals surface area contributed by atoms with Crippen LogP contribution in [0.5, 0.6) is 5.75 Å². The molecule has 1 saturated heterocycles. The topological polar surface area (TPSA) is 73.7 Å². The van der Waals surface area contributed by atoms with Crippen molar-refractivity contribution in [3.63, 3.8) is 0 Å². The molecule has 2 heterocycles. The molecule has 3 rings (SSSR count). The second-order valence-electron chi connectivity index (χ2n) is 6.15. The van der Waals surface area contributed by atoms with Crippen molar-refractivity contribution in [2.24, 2.45) is 0 Å². The molecule has 0 bridgehead atoms. The van der Waals surface area contributed by atoms with E-state index < -0.39 is 5.97 Å². The predicted molar refractivity (Wildman–Crippen MR) is 93.4 cm³/mol. The summed E-state index contributed by atoms with van der Waals surface area (Å²) in [5.74, 6) is -1.31. The number of nitrogens with zero attached hydrogens (tertiary/aromatic N) is 2. The summed E-state index contributed by atoms with van der Waals surface area (Å²) in [6.45, 7) is 5.45. The van der Waals surface area contributed by atoms with Crippen molar-refractivity contribution >= 4 is 5.97 Å². The lowest BCUT2D eigenvalue weighted by Gasteiger charge is -2.21. The largest absolute Gasteiger partial charge is 0.507 e. The maximum absolute atomic E-state index is 10.3. The SMILES string of the molecule is Cc1cnc(C)c([C@@H]2CCCN2C)c1.O=C(O)c1ccccc1O. The summed E-state index contributed by atoms with van der Waals surface area (Å²) in [5.41, 5.74) is 3.81. The maximum atomic E-state index is 10.3. The monoisotopic (exact) mass is 328 g/mol. The van der Waals surface area contributed by atoms with Crippen LogP contribution in [0.15, 0.2) is 36.5 Å². The Morgan fingerprint density at radius 3 is 2.54 bits per heavy atom. The van der Waals surface area contributed by atoms with Crippen molar-refractivity contribution in [3.05, 3.63) is 58.9 Å². The lowest BCUT2D eigenvalue weighted by molar-refractivity contribution is 0.0693. The zero-order valence-electron chi connectivity index (χ0n) is 14.4. The van der Waals surface area contributed by atoms with Crippen LogP contribution in [0.4, 0.5) is 0 Å². The Labute approximate surface area is 142 Å². The molecule has 1 aliphatic rings.